The predicted molar refractivity (Wildman–Crippen MR) is 65.4 cm³/mol. The quantitative estimate of drug-likeness (QED) is 0.898. The molecule has 84 valence electrons. The highest BCUT2D eigenvalue weighted by Crippen LogP contribution is 2.27. The van der Waals surface area contributed by atoms with Crippen LogP contribution in [0, 0.1) is 11.3 Å². The van der Waals surface area contributed by atoms with Crippen molar-refractivity contribution < 1.29 is 5.11 Å². The summed E-state index contributed by atoms with van der Waals surface area (Å²) in [4.78, 5) is 5.99. The van der Waals surface area contributed by atoms with Crippen LogP contribution in [0.2, 0.25) is 0 Å². The van der Waals surface area contributed by atoms with Gasteiger partial charge in [-0.3, -0.25) is 4.98 Å². The lowest BCUT2D eigenvalue weighted by molar-refractivity contribution is 0.282. The zero-order valence-corrected chi connectivity index (χ0v) is 9.81. The van der Waals surface area contributed by atoms with Crippen molar-refractivity contribution in [1.82, 2.24) is 4.98 Å². The van der Waals surface area contributed by atoms with E-state index in [9.17, 15) is 0 Å². The molecule has 0 unspecified atom stereocenters. The normalized spacial score (nSPS) is 9.88. The summed E-state index contributed by atoms with van der Waals surface area (Å²) in [5.41, 5.74) is 1.44. The molecule has 3 nitrogen and oxygen atoms in total. The van der Waals surface area contributed by atoms with E-state index in [2.05, 4.69) is 11.1 Å². The standard InChI is InChI=1S/C13H10N2OS/c14-6-11-5-13(8-15-7-11)17-12-3-1-10(9-16)2-4-12/h1-5,7-8,16H,9H2. The van der Waals surface area contributed by atoms with E-state index in [1.165, 1.54) is 0 Å². The fourth-order valence-corrected chi connectivity index (χ4v) is 2.18. The van der Waals surface area contributed by atoms with Crippen LogP contribution in [0.15, 0.2) is 52.5 Å². The van der Waals surface area contributed by atoms with Crippen molar-refractivity contribution in [2.75, 3.05) is 0 Å². The minimum absolute atomic E-state index is 0.0520. The summed E-state index contributed by atoms with van der Waals surface area (Å²) in [7, 11) is 0. The van der Waals surface area contributed by atoms with E-state index in [1.54, 1.807) is 30.2 Å². The van der Waals surface area contributed by atoms with Gasteiger partial charge in [0.05, 0.1) is 12.2 Å². The van der Waals surface area contributed by atoms with E-state index in [0.29, 0.717) is 5.56 Å². The second kappa shape index (κ2) is 5.48. The molecule has 0 saturated carbocycles. The Balaban J connectivity index is 2.16. The fraction of sp³-hybridized carbons (Fsp3) is 0.0769. The van der Waals surface area contributed by atoms with Crippen molar-refractivity contribution in [3.63, 3.8) is 0 Å². The molecule has 0 saturated heterocycles. The number of aromatic nitrogens is 1. The second-order valence-corrected chi connectivity index (χ2v) is 4.57. The highest BCUT2D eigenvalue weighted by molar-refractivity contribution is 7.99. The molecule has 0 aliphatic heterocycles. The first kappa shape index (κ1) is 11.6. The molecule has 1 heterocycles. The highest BCUT2D eigenvalue weighted by Gasteiger charge is 2.00. The summed E-state index contributed by atoms with van der Waals surface area (Å²) < 4.78 is 0. The molecule has 17 heavy (non-hydrogen) atoms. The van der Waals surface area contributed by atoms with Crippen molar-refractivity contribution in [1.29, 1.82) is 5.26 Å². The van der Waals surface area contributed by atoms with Crippen LogP contribution in [0.5, 0.6) is 0 Å². The van der Waals surface area contributed by atoms with Gasteiger partial charge in [0.1, 0.15) is 6.07 Å². The first-order valence-electron chi connectivity index (χ1n) is 5.04. The van der Waals surface area contributed by atoms with Crippen LogP contribution in [-0.2, 0) is 6.61 Å². The van der Waals surface area contributed by atoms with Crippen LogP contribution in [-0.4, -0.2) is 10.1 Å². The number of rotatable bonds is 3. The third kappa shape index (κ3) is 3.06. The second-order valence-electron chi connectivity index (χ2n) is 3.43. The van der Waals surface area contributed by atoms with Gasteiger partial charge < -0.3 is 5.11 Å². The summed E-state index contributed by atoms with van der Waals surface area (Å²) in [6, 6.07) is 11.5. The molecule has 1 aromatic carbocycles. The van der Waals surface area contributed by atoms with E-state index >= 15 is 0 Å². The lowest BCUT2D eigenvalue weighted by atomic mass is 10.2. The van der Waals surface area contributed by atoms with Crippen molar-refractivity contribution in [2.24, 2.45) is 0 Å². The van der Waals surface area contributed by atoms with E-state index in [0.717, 1.165) is 15.4 Å². The minimum Gasteiger partial charge on any atom is -0.392 e. The topological polar surface area (TPSA) is 56.9 Å². The maximum atomic E-state index is 8.93. The first-order valence-corrected chi connectivity index (χ1v) is 5.86. The summed E-state index contributed by atoms with van der Waals surface area (Å²) >= 11 is 1.54. The molecular weight excluding hydrogens is 232 g/mol. The summed E-state index contributed by atoms with van der Waals surface area (Å²) in [5, 5.41) is 17.7. The van der Waals surface area contributed by atoms with Gasteiger partial charge in [-0.1, -0.05) is 23.9 Å². The zero-order chi connectivity index (χ0) is 12.1. The Hall–Kier alpha value is -1.83. The SMILES string of the molecule is N#Cc1cncc(Sc2ccc(CO)cc2)c1. The summed E-state index contributed by atoms with van der Waals surface area (Å²) in [6.45, 7) is 0.0520. The Bertz CT molecular complexity index is 546. The molecule has 1 aromatic heterocycles. The molecule has 0 aliphatic rings. The van der Waals surface area contributed by atoms with Gasteiger partial charge in [-0.25, -0.2) is 0 Å². The fourth-order valence-electron chi connectivity index (χ4n) is 1.33. The van der Waals surface area contributed by atoms with E-state index < -0.39 is 0 Å². The Kier molecular flexibility index (Phi) is 3.76. The Labute approximate surface area is 104 Å². The number of aliphatic hydroxyl groups excluding tert-OH is 1. The van der Waals surface area contributed by atoms with Gasteiger partial charge in [-0.2, -0.15) is 5.26 Å². The Morgan fingerprint density at radius 2 is 1.94 bits per heavy atom. The van der Waals surface area contributed by atoms with Crippen LogP contribution in [0.3, 0.4) is 0 Å². The monoisotopic (exact) mass is 242 g/mol. The van der Waals surface area contributed by atoms with Gasteiger partial charge in [0.25, 0.3) is 0 Å². The van der Waals surface area contributed by atoms with Gasteiger partial charge in [0.15, 0.2) is 0 Å². The molecule has 0 amide bonds. The average Bonchev–Trinajstić information content (AvgIpc) is 2.40. The number of pyridine rings is 1. The maximum Gasteiger partial charge on any atom is 0.101 e. The zero-order valence-electron chi connectivity index (χ0n) is 9.00. The van der Waals surface area contributed by atoms with Crippen LogP contribution in [0.4, 0.5) is 0 Å². The van der Waals surface area contributed by atoms with Crippen molar-refractivity contribution >= 4 is 11.8 Å². The van der Waals surface area contributed by atoms with Gasteiger partial charge >= 0.3 is 0 Å². The molecule has 0 atom stereocenters. The third-order valence-corrected chi connectivity index (χ3v) is 3.15. The average molecular weight is 242 g/mol. The number of nitriles is 1. The predicted octanol–water partition coefficient (Wildman–Crippen LogP) is 2.60. The van der Waals surface area contributed by atoms with Crippen LogP contribution < -0.4 is 0 Å². The van der Waals surface area contributed by atoms with Crippen molar-refractivity contribution in [3.05, 3.63) is 53.9 Å². The Morgan fingerprint density at radius 3 is 2.59 bits per heavy atom. The highest BCUT2D eigenvalue weighted by atomic mass is 32.2. The van der Waals surface area contributed by atoms with E-state index in [1.807, 2.05) is 24.3 Å². The summed E-state index contributed by atoms with van der Waals surface area (Å²) in [6.07, 6.45) is 3.27. The van der Waals surface area contributed by atoms with Crippen LogP contribution >= 0.6 is 11.8 Å². The first-order chi connectivity index (χ1) is 8.31. The molecule has 0 aliphatic carbocycles. The minimum atomic E-state index is 0.0520. The third-order valence-electron chi connectivity index (χ3n) is 2.18. The maximum absolute atomic E-state index is 8.93. The molecule has 2 rings (SSSR count). The lowest BCUT2D eigenvalue weighted by Gasteiger charge is -2.02. The molecule has 0 fully saturated rings. The smallest absolute Gasteiger partial charge is 0.101 e. The number of benzene rings is 1. The molecule has 4 heteroatoms. The van der Waals surface area contributed by atoms with E-state index in [-0.39, 0.29) is 6.61 Å². The van der Waals surface area contributed by atoms with Crippen molar-refractivity contribution in [2.45, 2.75) is 16.4 Å². The number of hydrogen-bond acceptors (Lipinski definition) is 4. The van der Waals surface area contributed by atoms with Gasteiger partial charge in [-0.05, 0) is 23.8 Å². The molecule has 0 bridgehead atoms. The molecule has 2 aromatic rings. The van der Waals surface area contributed by atoms with Gasteiger partial charge in [0, 0.05) is 22.2 Å². The number of nitrogens with zero attached hydrogens (tertiary/aromatic N) is 2. The van der Waals surface area contributed by atoms with E-state index in [4.69, 9.17) is 10.4 Å². The Morgan fingerprint density at radius 1 is 1.18 bits per heavy atom. The van der Waals surface area contributed by atoms with Gasteiger partial charge in [0.2, 0.25) is 0 Å². The molecule has 0 radical (unpaired) electrons. The molecule has 1 N–H and O–H groups in total. The van der Waals surface area contributed by atoms with Crippen LogP contribution in [0.1, 0.15) is 11.1 Å². The lowest BCUT2D eigenvalue weighted by Crippen LogP contribution is -1.83. The largest absolute Gasteiger partial charge is 0.392 e. The number of aliphatic hydroxyl groups is 1. The number of hydrogen-bond donors (Lipinski definition) is 1. The molecule has 0 spiro atoms. The van der Waals surface area contributed by atoms with Crippen LogP contribution in [0.25, 0.3) is 0 Å². The van der Waals surface area contributed by atoms with Gasteiger partial charge in [-0.15, -0.1) is 0 Å². The van der Waals surface area contributed by atoms with Crippen molar-refractivity contribution in [3.8, 4) is 6.07 Å². The molecular formula is C13H10N2OS. The summed E-state index contributed by atoms with van der Waals surface area (Å²) in [5.74, 6) is 0.